The Bertz CT molecular complexity index is 2240. The van der Waals surface area contributed by atoms with Crippen LogP contribution in [0.4, 0.5) is 22.2 Å². The number of aliphatic hydroxyl groups excluding tert-OH is 3. The SMILES string of the molecule is NS(=O)(=O)c1cccc(NC(=O)NC2CCN(c3nc(NCC(c4ccccc4)c4ccccc4)c4ncn(C5CC(NC(=O)CCO)C(O)C5O)c4n3)C2)c1. The lowest BCUT2D eigenvalue weighted by Gasteiger charge is -2.22. The zero-order valence-electron chi connectivity index (χ0n) is 30.3. The van der Waals surface area contributed by atoms with Gasteiger partial charge in [-0.2, -0.15) is 9.97 Å². The maximum atomic E-state index is 13.0. The molecule has 0 bridgehead atoms. The molecule has 0 spiro atoms. The predicted octanol–water partition coefficient (Wildman–Crippen LogP) is 1.65. The molecule has 7 rings (SSSR count). The van der Waals surface area contributed by atoms with E-state index in [2.05, 4.69) is 50.5 Å². The Balaban J connectivity index is 1.16. The van der Waals surface area contributed by atoms with Gasteiger partial charge < -0.3 is 46.1 Å². The van der Waals surface area contributed by atoms with E-state index in [4.69, 9.17) is 15.1 Å². The van der Waals surface area contributed by atoms with Crippen LogP contribution in [0.2, 0.25) is 0 Å². The Morgan fingerprint density at radius 3 is 2.32 bits per heavy atom. The van der Waals surface area contributed by atoms with Crippen LogP contribution in [-0.4, -0.2) is 106 Å². The molecule has 0 radical (unpaired) electrons. The number of primary sulfonamides is 1. The molecule has 2 aromatic heterocycles. The number of rotatable bonds is 13. The van der Waals surface area contributed by atoms with Gasteiger partial charge in [0.05, 0.1) is 29.9 Å². The van der Waals surface area contributed by atoms with Crippen LogP contribution in [0.1, 0.15) is 42.3 Å². The smallest absolute Gasteiger partial charge is 0.319 e. The second kappa shape index (κ2) is 16.6. The molecule has 2 fully saturated rings. The molecule has 1 aliphatic heterocycles. The van der Waals surface area contributed by atoms with E-state index in [0.29, 0.717) is 49.0 Å². The van der Waals surface area contributed by atoms with Gasteiger partial charge in [-0.15, -0.1) is 0 Å². The summed E-state index contributed by atoms with van der Waals surface area (Å²) in [5, 5.41) is 48.4. The normalized spacial score (nSPS) is 21.0. The van der Waals surface area contributed by atoms with Crippen LogP contribution in [0.15, 0.2) is 96.2 Å². The van der Waals surface area contributed by atoms with Gasteiger partial charge in [-0.05, 0) is 42.2 Å². The fourth-order valence-electron chi connectivity index (χ4n) is 7.38. The van der Waals surface area contributed by atoms with Crippen LogP contribution >= 0.6 is 0 Å². The van der Waals surface area contributed by atoms with Gasteiger partial charge >= 0.3 is 6.03 Å². The first-order chi connectivity index (χ1) is 27.0. The number of carbonyl (C=O) groups is 2. The van der Waals surface area contributed by atoms with Crippen LogP contribution in [0.5, 0.6) is 0 Å². The number of aliphatic hydroxyl groups is 3. The molecule has 3 heterocycles. The number of fused-ring (bicyclic) bond motifs is 1. The van der Waals surface area contributed by atoms with Crippen molar-refractivity contribution in [2.45, 2.75) is 60.4 Å². The predicted molar refractivity (Wildman–Crippen MR) is 208 cm³/mol. The maximum absolute atomic E-state index is 13.0. The molecule has 5 aromatic rings. The van der Waals surface area contributed by atoms with Crippen molar-refractivity contribution in [3.8, 4) is 0 Å². The molecule has 56 heavy (non-hydrogen) atoms. The summed E-state index contributed by atoms with van der Waals surface area (Å²) in [4.78, 5) is 41.6. The molecule has 2 aliphatic rings. The molecule has 1 aliphatic carbocycles. The van der Waals surface area contributed by atoms with Crippen LogP contribution in [0.3, 0.4) is 0 Å². The first-order valence-electron chi connectivity index (χ1n) is 18.3. The van der Waals surface area contributed by atoms with E-state index in [0.717, 1.165) is 11.1 Å². The second-order valence-electron chi connectivity index (χ2n) is 14.0. The van der Waals surface area contributed by atoms with E-state index >= 15 is 0 Å². The highest BCUT2D eigenvalue weighted by Crippen LogP contribution is 2.35. The number of benzene rings is 3. The molecule has 3 amide bonds. The van der Waals surface area contributed by atoms with Gasteiger partial charge in [-0.3, -0.25) is 4.79 Å². The average Bonchev–Trinajstić information content (AvgIpc) is 3.90. The topological polar surface area (TPSA) is 250 Å². The molecule has 5 atom stereocenters. The number of imidazole rings is 1. The van der Waals surface area contributed by atoms with Gasteiger partial charge in [0.2, 0.25) is 21.9 Å². The standard InChI is InChI=1S/C38H44N10O7S/c39-56(54,55)27-13-7-12-25(18-27)42-38(53)43-26-14-16-47(21-26)37-45-35(40-20-28(23-8-3-1-4-9-23)24-10-5-2-6-11-24)32-36(46-37)48(22-41-32)30-19-29(33(51)34(30)52)44-31(50)15-17-49/h1-13,18,22,26,28-30,33-34,49,51-52H,14-17,19-21H2,(H,44,50)(H2,39,54,55)(H,40,45,46)(H2,42,43,53). The molecule has 5 unspecified atom stereocenters. The minimum absolute atomic E-state index is 0.0485. The third kappa shape index (κ3) is 8.58. The number of amides is 3. The first kappa shape index (κ1) is 38.6. The van der Waals surface area contributed by atoms with Crippen LogP contribution in [0, 0.1) is 0 Å². The summed E-state index contributed by atoms with van der Waals surface area (Å²) in [6.07, 6.45) is -0.372. The fourth-order valence-corrected chi connectivity index (χ4v) is 7.94. The number of nitrogens with zero attached hydrogens (tertiary/aromatic N) is 5. The van der Waals surface area contributed by atoms with E-state index in [9.17, 15) is 33.3 Å². The number of sulfonamides is 1. The van der Waals surface area contributed by atoms with Crippen molar-refractivity contribution in [1.29, 1.82) is 0 Å². The van der Waals surface area contributed by atoms with Gasteiger partial charge in [0.15, 0.2) is 17.0 Å². The highest BCUT2D eigenvalue weighted by Gasteiger charge is 2.44. The van der Waals surface area contributed by atoms with Crippen LogP contribution in [0.25, 0.3) is 11.2 Å². The highest BCUT2D eigenvalue weighted by molar-refractivity contribution is 7.89. The van der Waals surface area contributed by atoms with E-state index in [-0.39, 0.29) is 42.0 Å². The molecular weight excluding hydrogens is 741 g/mol. The van der Waals surface area contributed by atoms with E-state index < -0.39 is 46.3 Å². The van der Waals surface area contributed by atoms with Crippen molar-refractivity contribution < 1.29 is 33.3 Å². The van der Waals surface area contributed by atoms with E-state index in [1.807, 2.05) is 41.3 Å². The van der Waals surface area contributed by atoms with Crippen molar-refractivity contribution in [2.24, 2.45) is 5.14 Å². The third-order valence-electron chi connectivity index (χ3n) is 10.2. The number of nitrogens with one attached hydrogen (secondary N) is 4. The van der Waals surface area contributed by atoms with Crippen molar-refractivity contribution in [2.75, 3.05) is 41.8 Å². The molecule has 1 saturated heterocycles. The fraction of sp³-hybridized carbons (Fsp3) is 0.342. The minimum atomic E-state index is -3.95. The number of aromatic nitrogens is 4. The number of hydrogen-bond donors (Lipinski definition) is 8. The summed E-state index contributed by atoms with van der Waals surface area (Å²) in [6, 6.07) is 23.6. The Hall–Kier alpha value is -5.66. The number of anilines is 3. The summed E-state index contributed by atoms with van der Waals surface area (Å²) >= 11 is 0. The van der Waals surface area contributed by atoms with Crippen molar-refractivity contribution >= 4 is 50.6 Å². The second-order valence-corrected chi connectivity index (χ2v) is 15.5. The largest absolute Gasteiger partial charge is 0.396 e. The van der Waals surface area contributed by atoms with Crippen LogP contribution in [-0.2, 0) is 14.8 Å². The number of carbonyl (C=O) groups excluding carboxylic acids is 2. The van der Waals surface area contributed by atoms with Crippen molar-refractivity contribution in [3.05, 3.63) is 102 Å². The summed E-state index contributed by atoms with van der Waals surface area (Å²) in [5.41, 5.74) is 3.31. The van der Waals surface area contributed by atoms with Crippen molar-refractivity contribution in [1.82, 2.24) is 30.2 Å². The maximum Gasteiger partial charge on any atom is 0.319 e. The summed E-state index contributed by atoms with van der Waals surface area (Å²) < 4.78 is 25.3. The zero-order valence-corrected chi connectivity index (χ0v) is 31.1. The Morgan fingerprint density at radius 1 is 0.929 bits per heavy atom. The monoisotopic (exact) mass is 784 g/mol. The lowest BCUT2D eigenvalue weighted by Crippen LogP contribution is -2.43. The molecule has 17 nitrogen and oxygen atoms in total. The number of nitrogens with two attached hydrogens (primary N) is 1. The van der Waals surface area contributed by atoms with Crippen molar-refractivity contribution in [3.63, 3.8) is 0 Å². The Morgan fingerprint density at radius 2 is 1.64 bits per heavy atom. The van der Waals surface area contributed by atoms with Gasteiger partial charge in [0.25, 0.3) is 0 Å². The molecule has 18 heteroatoms. The lowest BCUT2D eigenvalue weighted by molar-refractivity contribution is -0.123. The van der Waals surface area contributed by atoms with Gasteiger partial charge in [-0.1, -0.05) is 66.7 Å². The Kier molecular flexibility index (Phi) is 11.4. The lowest BCUT2D eigenvalue weighted by atomic mass is 9.91. The van der Waals surface area contributed by atoms with Gasteiger partial charge in [0.1, 0.15) is 12.2 Å². The zero-order chi connectivity index (χ0) is 39.4. The Labute approximate surface area is 323 Å². The molecule has 1 saturated carbocycles. The highest BCUT2D eigenvalue weighted by atomic mass is 32.2. The van der Waals surface area contributed by atoms with Gasteiger partial charge in [0, 0.05) is 43.7 Å². The average molecular weight is 785 g/mol. The quantitative estimate of drug-likeness (QED) is 0.0849. The number of urea groups is 1. The third-order valence-corrected chi connectivity index (χ3v) is 11.1. The summed E-state index contributed by atoms with van der Waals surface area (Å²) in [5.74, 6) is 0.312. The molecule has 294 valence electrons. The molecule has 9 N–H and O–H groups in total. The summed E-state index contributed by atoms with van der Waals surface area (Å²) in [6.45, 7) is 0.951. The number of hydrogen-bond acceptors (Lipinski definition) is 12. The first-order valence-corrected chi connectivity index (χ1v) is 19.8. The minimum Gasteiger partial charge on any atom is -0.396 e. The molecular formula is C38H44N10O7S. The van der Waals surface area contributed by atoms with E-state index in [1.165, 1.54) is 18.2 Å². The van der Waals surface area contributed by atoms with E-state index in [1.54, 1.807) is 17.0 Å². The van der Waals surface area contributed by atoms with Gasteiger partial charge in [-0.25, -0.2) is 23.3 Å². The molecule has 3 aromatic carbocycles. The van der Waals surface area contributed by atoms with Crippen LogP contribution < -0.4 is 31.3 Å². The summed E-state index contributed by atoms with van der Waals surface area (Å²) in [7, 11) is -3.95.